The van der Waals surface area contributed by atoms with Crippen LogP contribution in [0.4, 0.5) is 0 Å². The maximum absolute atomic E-state index is 6.09. The van der Waals surface area contributed by atoms with Crippen LogP contribution in [-0.4, -0.2) is 32.3 Å². The number of aliphatic imine (C=N–C) groups is 1. The molecule has 140 valence electrons. The van der Waals surface area contributed by atoms with E-state index in [1.54, 1.807) is 0 Å². The van der Waals surface area contributed by atoms with Gasteiger partial charge in [-0.05, 0) is 43.2 Å². The van der Waals surface area contributed by atoms with Crippen LogP contribution in [0.5, 0.6) is 0 Å². The molecular formula is C21H35N3O. The van der Waals surface area contributed by atoms with E-state index in [0.29, 0.717) is 12.0 Å². The lowest BCUT2D eigenvalue weighted by atomic mass is 9.78. The van der Waals surface area contributed by atoms with Crippen molar-refractivity contribution in [2.75, 3.05) is 20.2 Å². The normalized spacial score (nSPS) is 23.2. The zero-order valence-corrected chi connectivity index (χ0v) is 16.7. The van der Waals surface area contributed by atoms with Crippen LogP contribution in [0.25, 0.3) is 0 Å². The van der Waals surface area contributed by atoms with Crippen molar-refractivity contribution < 1.29 is 4.74 Å². The number of benzene rings is 1. The highest BCUT2D eigenvalue weighted by Gasteiger charge is 2.35. The van der Waals surface area contributed by atoms with Gasteiger partial charge in [-0.25, -0.2) is 0 Å². The van der Waals surface area contributed by atoms with Gasteiger partial charge in [0.25, 0.3) is 0 Å². The predicted molar refractivity (Wildman–Crippen MR) is 106 cm³/mol. The van der Waals surface area contributed by atoms with Crippen molar-refractivity contribution in [3.05, 3.63) is 35.4 Å². The second-order valence-corrected chi connectivity index (χ2v) is 8.24. The van der Waals surface area contributed by atoms with Crippen LogP contribution in [0.3, 0.4) is 0 Å². The number of hydrogen-bond acceptors (Lipinski definition) is 2. The standard InChI is InChI=1S/C21H35N3O/c1-15-10-7-8-12-18(15)16(2)24-20(22-6)23-14-17-11-9-13-25-19(17)21(3,4)5/h7-8,10,12,16-17,19H,9,11,13-14H2,1-6H3,(H2,22,23,24). The molecule has 4 heteroatoms. The molecule has 0 aromatic heterocycles. The molecule has 0 bridgehead atoms. The van der Waals surface area contributed by atoms with E-state index in [-0.39, 0.29) is 11.5 Å². The zero-order chi connectivity index (χ0) is 18.4. The van der Waals surface area contributed by atoms with Crippen LogP contribution in [0.2, 0.25) is 0 Å². The molecule has 25 heavy (non-hydrogen) atoms. The Labute approximate surface area is 153 Å². The molecule has 2 rings (SSSR count). The van der Waals surface area contributed by atoms with Gasteiger partial charge >= 0.3 is 0 Å². The van der Waals surface area contributed by atoms with Crippen LogP contribution < -0.4 is 10.6 Å². The Kier molecular flexibility index (Phi) is 6.88. The van der Waals surface area contributed by atoms with Crippen molar-refractivity contribution in [3.8, 4) is 0 Å². The maximum atomic E-state index is 6.09. The fourth-order valence-electron chi connectivity index (χ4n) is 3.79. The fraction of sp³-hybridized carbons (Fsp3) is 0.667. The summed E-state index contributed by atoms with van der Waals surface area (Å²) in [5.41, 5.74) is 2.77. The van der Waals surface area contributed by atoms with Crippen molar-refractivity contribution in [1.29, 1.82) is 0 Å². The monoisotopic (exact) mass is 345 g/mol. The molecule has 0 radical (unpaired) electrons. The van der Waals surface area contributed by atoms with Crippen LogP contribution >= 0.6 is 0 Å². The number of nitrogens with one attached hydrogen (secondary N) is 2. The van der Waals surface area contributed by atoms with E-state index in [1.807, 2.05) is 7.05 Å². The van der Waals surface area contributed by atoms with Crippen molar-refractivity contribution in [2.24, 2.45) is 16.3 Å². The summed E-state index contributed by atoms with van der Waals surface area (Å²) in [7, 11) is 1.83. The van der Waals surface area contributed by atoms with Crippen LogP contribution in [0, 0.1) is 18.3 Å². The lowest BCUT2D eigenvalue weighted by molar-refractivity contribution is -0.0835. The molecule has 0 amide bonds. The average Bonchev–Trinajstić information content (AvgIpc) is 2.58. The molecule has 0 saturated carbocycles. The smallest absolute Gasteiger partial charge is 0.191 e. The van der Waals surface area contributed by atoms with E-state index in [1.165, 1.54) is 17.5 Å². The topological polar surface area (TPSA) is 45.7 Å². The number of nitrogens with zero attached hydrogens (tertiary/aromatic N) is 1. The summed E-state index contributed by atoms with van der Waals surface area (Å²) in [5.74, 6) is 1.37. The molecule has 1 aromatic rings. The van der Waals surface area contributed by atoms with Crippen molar-refractivity contribution in [1.82, 2.24) is 10.6 Å². The first-order valence-corrected chi connectivity index (χ1v) is 9.47. The molecule has 4 nitrogen and oxygen atoms in total. The maximum Gasteiger partial charge on any atom is 0.191 e. The minimum absolute atomic E-state index is 0.165. The van der Waals surface area contributed by atoms with Crippen LogP contribution in [0.15, 0.2) is 29.3 Å². The second-order valence-electron chi connectivity index (χ2n) is 8.24. The number of aryl methyl sites for hydroxylation is 1. The summed E-state index contributed by atoms with van der Waals surface area (Å²) in [6.45, 7) is 12.9. The minimum Gasteiger partial charge on any atom is -0.377 e. The molecule has 1 heterocycles. The molecule has 2 N–H and O–H groups in total. The molecule has 1 aliphatic heterocycles. The lowest BCUT2D eigenvalue weighted by Crippen LogP contribution is -2.47. The van der Waals surface area contributed by atoms with Gasteiger partial charge in [0.1, 0.15) is 0 Å². The van der Waals surface area contributed by atoms with Gasteiger partial charge in [0.2, 0.25) is 0 Å². The highest BCUT2D eigenvalue weighted by molar-refractivity contribution is 5.80. The van der Waals surface area contributed by atoms with Gasteiger partial charge < -0.3 is 15.4 Å². The Morgan fingerprint density at radius 1 is 1.32 bits per heavy atom. The molecule has 0 aliphatic carbocycles. The largest absolute Gasteiger partial charge is 0.377 e. The van der Waals surface area contributed by atoms with Gasteiger partial charge in [-0.2, -0.15) is 0 Å². The Morgan fingerprint density at radius 3 is 2.68 bits per heavy atom. The number of ether oxygens (including phenoxy) is 1. The first-order valence-electron chi connectivity index (χ1n) is 9.47. The van der Waals surface area contributed by atoms with E-state index in [2.05, 4.69) is 74.5 Å². The van der Waals surface area contributed by atoms with Crippen molar-refractivity contribution >= 4 is 5.96 Å². The van der Waals surface area contributed by atoms with Crippen LogP contribution in [-0.2, 0) is 4.74 Å². The molecule has 3 atom stereocenters. The predicted octanol–water partition coefficient (Wildman–Crippen LogP) is 4.06. The molecule has 1 fully saturated rings. The summed E-state index contributed by atoms with van der Waals surface area (Å²) in [5, 5.41) is 7.04. The van der Waals surface area contributed by atoms with E-state index < -0.39 is 0 Å². The van der Waals surface area contributed by atoms with E-state index in [4.69, 9.17) is 4.74 Å². The number of rotatable bonds is 4. The summed E-state index contributed by atoms with van der Waals surface area (Å²) < 4.78 is 6.09. The Morgan fingerprint density at radius 2 is 2.04 bits per heavy atom. The first kappa shape index (κ1) is 19.8. The van der Waals surface area contributed by atoms with Crippen molar-refractivity contribution in [3.63, 3.8) is 0 Å². The molecule has 1 aromatic carbocycles. The van der Waals surface area contributed by atoms with Crippen molar-refractivity contribution in [2.45, 2.75) is 59.6 Å². The van der Waals surface area contributed by atoms with E-state index in [0.717, 1.165) is 25.5 Å². The molecule has 0 spiro atoms. The zero-order valence-electron chi connectivity index (χ0n) is 16.7. The second kappa shape index (κ2) is 8.70. The van der Waals surface area contributed by atoms with Gasteiger partial charge in [0.15, 0.2) is 5.96 Å². The first-order chi connectivity index (χ1) is 11.8. The van der Waals surface area contributed by atoms with Gasteiger partial charge in [-0.3, -0.25) is 4.99 Å². The van der Waals surface area contributed by atoms with Gasteiger partial charge in [-0.15, -0.1) is 0 Å². The third-order valence-corrected chi connectivity index (χ3v) is 5.06. The van der Waals surface area contributed by atoms with E-state index >= 15 is 0 Å². The van der Waals surface area contributed by atoms with Gasteiger partial charge in [-0.1, -0.05) is 45.0 Å². The number of guanidine groups is 1. The average molecular weight is 346 g/mol. The highest BCUT2D eigenvalue weighted by Crippen LogP contribution is 2.33. The van der Waals surface area contributed by atoms with E-state index in [9.17, 15) is 0 Å². The molecule has 3 unspecified atom stereocenters. The third kappa shape index (κ3) is 5.46. The Bertz CT molecular complexity index is 577. The summed E-state index contributed by atoms with van der Waals surface area (Å²) in [6, 6.07) is 8.70. The quantitative estimate of drug-likeness (QED) is 0.639. The lowest BCUT2D eigenvalue weighted by Gasteiger charge is -2.40. The third-order valence-electron chi connectivity index (χ3n) is 5.06. The molecular weight excluding hydrogens is 310 g/mol. The Balaban J connectivity index is 1.95. The summed E-state index contributed by atoms with van der Waals surface area (Å²) >= 11 is 0. The molecule has 1 aliphatic rings. The minimum atomic E-state index is 0.165. The summed E-state index contributed by atoms with van der Waals surface area (Å²) in [6.07, 6.45) is 2.64. The Hall–Kier alpha value is -1.55. The fourth-order valence-corrected chi connectivity index (χ4v) is 3.79. The summed E-state index contributed by atoms with van der Waals surface area (Å²) in [4.78, 5) is 4.41. The van der Waals surface area contributed by atoms with Gasteiger partial charge in [0, 0.05) is 26.1 Å². The van der Waals surface area contributed by atoms with Crippen LogP contribution in [0.1, 0.15) is 57.7 Å². The van der Waals surface area contributed by atoms with Gasteiger partial charge in [0.05, 0.1) is 12.1 Å². The highest BCUT2D eigenvalue weighted by atomic mass is 16.5. The molecule has 1 saturated heterocycles. The number of hydrogen-bond donors (Lipinski definition) is 2. The SMILES string of the molecule is CN=C(NCC1CCCOC1C(C)(C)C)NC(C)c1ccccc1C.